The van der Waals surface area contributed by atoms with Crippen LogP contribution in [0.25, 0.3) is 0 Å². The van der Waals surface area contributed by atoms with Gasteiger partial charge in [-0.05, 0) is 24.6 Å². The number of aromatic nitrogens is 2. The van der Waals surface area contributed by atoms with Crippen LogP contribution in [0.5, 0.6) is 0 Å². The molecule has 4 atom stereocenters. The predicted molar refractivity (Wildman–Crippen MR) is 127 cm³/mol. The van der Waals surface area contributed by atoms with E-state index in [0.717, 1.165) is 28.0 Å². The summed E-state index contributed by atoms with van der Waals surface area (Å²) in [4.78, 5) is 25.8. The number of rotatable bonds is 9. The molecule has 1 fully saturated rings. The molecule has 2 aromatic carbocycles. The van der Waals surface area contributed by atoms with E-state index in [1.54, 1.807) is 43.3 Å². The summed E-state index contributed by atoms with van der Waals surface area (Å²) in [6, 6.07) is 16.0. The fraction of sp³-hybridized carbons (Fsp3) is 0.333. The van der Waals surface area contributed by atoms with Crippen molar-refractivity contribution in [2.45, 2.75) is 42.5 Å². The molecule has 192 valence electrons. The minimum absolute atomic E-state index is 0.00830. The van der Waals surface area contributed by atoms with Gasteiger partial charge < -0.3 is 19.7 Å². The number of aliphatic hydroxyl groups excluding tert-OH is 2. The van der Waals surface area contributed by atoms with E-state index in [1.165, 1.54) is 12.1 Å². The zero-order valence-corrected chi connectivity index (χ0v) is 20.1. The third kappa shape index (κ3) is 5.33. The quantitative estimate of drug-likeness (QED) is 0.342. The summed E-state index contributed by atoms with van der Waals surface area (Å²) < 4.78 is 43.6. The molecule has 12 heteroatoms. The average molecular weight is 519 g/mol. The number of aryl methyl sites for hydroxylation is 1. The molecule has 2 heterocycles. The van der Waals surface area contributed by atoms with Gasteiger partial charge >= 0.3 is 5.69 Å². The zero-order chi connectivity index (χ0) is 25.9. The van der Waals surface area contributed by atoms with Crippen LogP contribution in [-0.2, 0) is 30.4 Å². The Morgan fingerprint density at radius 2 is 1.78 bits per heavy atom. The number of aromatic amines is 1. The van der Waals surface area contributed by atoms with E-state index < -0.39 is 58.6 Å². The van der Waals surface area contributed by atoms with E-state index >= 15 is 0 Å². The van der Waals surface area contributed by atoms with E-state index in [1.807, 2.05) is 6.07 Å². The fourth-order valence-corrected chi connectivity index (χ4v) is 4.90. The Labute approximate surface area is 206 Å². The summed E-state index contributed by atoms with van der Waals surface area (Å²) in [7, 11) is -4.26. The average Bonchev–Trinajstić information content (AvgIpc) is 3.14. The van der Waals surface area contributed by atoms with Crippen LogP contribution in [0.2, 0.25) is 0 Å². The molecule has 1 aliphatic rings. The van der Waals surface area contributed by atoms with Crippen LogP contribution in [0, 0.1) is 6.92 Å². The first kappa shape index (κ1) is 25.9. The van der Waals surface area contributed by atoms with Crippen LogP contribution in [-0.4, -0.2) is 59.2 Å². The number of aliphatic hydroxyl groups is 2. The molecule has 36 heavy (non-hydrogen) atoms. The normalized spacial score (nSPS) is 24.1. The summed E-state index contributed by atoms with van der Waals surface area (Å²) in [5.74, 6) is 0. The standard InChI is InChI=1S/C24H26N2O9S/c1-16-7-9-18(10-8-16)36(31,32)34-15-24(14-27)21(33-13-17-5-3-2-4-6-17)20(29)22(35-24)26-12-11-19(28)25-23(26)30/h2-12,20-22,27,29H,13-15H2,1H3,(H,25,28,30)/t20-,21+,22-,24+/m1/s1. The van der Waals surface area contributed by atoms with E-state index in [2.05, 4.69) is 4.98 Å². The van der Waals surface area contributed by atoms with Crippen LogP contribution in [0.15, 0.2) is 81.3 Å². The Balaban J connectivity index is 1.65. The molecule has 0 unspecified atom stereocenters. The van der Waals surface area contributed by atoms with Gasteiger partial charge in [0.2, 0.25) is 0 Å². The molecule has 4 rings (SSSR count). The molecule has 1 saturated heterocycles. The van der Waals surface area contributed by atoms with Crippen LogP contribution in [0.4, 0.5) is 0 Å². The highest BCUT2D eigenvalue weighted by molar-refractivity contribution is 7.86. The number of ether oxygens (including phenoxy) is 2. The molecular weight excluding hydrogens is 492 g/mol. The molecule has 1 aromatic heterocycles. The number of hydrogen-bond donors (Lipinski definition) is 3. The Morgan fingerprint density at radius 1 is 1.08 bits per heavy atom. The number of benzene rings is 2. The van der Waals surface area contributed by atoms with Crippen LogP contribution in [0.1, 0.15) is 17.4 Å². The Kier molecular flexibility index (Phi) is 7.54. The Morgan fingerprint density at radius 3 is 2.42 bits per heavy atom. The summed E-state index contributed by atoms with van der Waals surface area (Å²) in [5, 5.41) is 21.4. The van der Waals surface area contributed by atoms with Gasteiger partial charge in [-0.2, -0.15) is 8.42 Å². The zero-order valence-electron chi connectivity index (χ0n) is 19.3. The maximum Gasteiger partial charge on any atom is 0.330 e. The first-order valence-electron chi connectivity index (χ1n) is 11.0. The van der Waals surface area contributed by atoms with Gasteiger partial charge in [0.15, 0.2) is 6.23 Å². The maximum absolute atomic E-state index is 12.8. The number of nitrogens with one attached hydrogen (secondary N) is 1. The monoisotopic (exact) mass is 518 g/mol. The molecule has 0 spiro atoms. The minimum Gasteiger partial charge on any atom is -0.393 e. The van der Waals surface area contributed by atoms with Crippen LogP contribution < -0.4 is 11.2 Å². The molecule has 0 radical (unpaired) electrons. The maximum atomic E-state index is 12.8. The summed E-state index contributed by atoms with van der Waals surface area (Å²) in [6.07, 6.45) is -3.12. The predicted octanol–water partition coefficient (Wildman–Crippen LogP) is 0.457. The van der Waals surface area contributed by atoms with Crippen molar-refractivity contribution < 1.29 is 32.3 Å². The van der Waals surface area contributed by atoms with E-state index in [9.17, 15) is 28.2 Å². The van der Waals surface area contributed by atoms with Gasteiger partial charge in [-0.15, -0.1) is 0 Å². The van der Waals surface area contributed by atoms with Crippen molar-refractivity contribution in [1.29, 1.82) is 0 Å². The van der Waals surface area contributed by atoms with E-state index in [-0.39, 0.29) is 11.5 Å². The van der Waals surface area contributed by atoms with Crippen molar-refractivity contribution in [2.24, 2.45) is 0 Å². The molecule has 0 bridgehead atoms. The smallest absolute Gasteiger partial charge is 0.330 e. The topological polar surface area (TPSA) is 157 Å². The lowest BCUT2D eigenvalue weighted by molar-refractivity contribution is -0.159. The second kappa shape index (κ2) is 10.5. The summed E-state index contributed by atoms with van der Waals surface area (Å²) in [5.41, 5.74) is -1.79. The van der Waals surface area contributed by atoms with Gasteiger partial charge in [-0.1, -0.05) is 48.0 Å². The van der Waals surface area contributed by atoms with Crippen molar-refractivity contribution in [3.05, 3.63) is 98.8 Å². The highest BCUT2D eigenvalue weighted by Gasteiger charge is 2.57. The Bertz CT molecular complexity index is 1400. The second-order valence-corrected chi connectivity index (χ2v) is 10.1. The Hall–Kier alpha value is -3.13. The third-order valence-electron chi connectivity index (χ3n) is 5.91. The highest BCUT2D eigenvalue weighted by atomic mass is 32.2. The van der Waals surface area contributed by atoms with Gasteiger partial charge in [0.05, 0.1) is 18.1 Å². The summed E-state index contributed by atoms with van der Waals surface area (Å²) >= 11 is 0. The lowest BCUT2D eigenvalue weighted by atomic mass is 9.96. The van der Waals surface area contributed by atoms with Gasteiger partial charge in [0.25, 0.3) is 15.7 Å². The van der Waals surface area contributed by atoms with Crippen molar-refractivity contribution in [3.63, 3.8) is 0 Å². The molecular formula is C24H26N2O9S. The van der Waals surface area contributed by atoms with Crippen molar-refractivity contribution in [2.75, 3.05) is 13.2 Å². The summed E-state index contributed by atoms with van der Waals surface area (Å²) in [6.45, 7) is 0.275. The highest BCUT2D eigenvalue weighted by Crippen LogP contribution is 2.39. The van der Waals surface area contributed by atoms with Crippen molar-refractivity contribution in [1.82, 2.24) is 9.55 Å². The third-order valence-corrected chi connectivity index (χ3v) is 7.19. The molecule has 3 N–H and O–H groups in total. The largest absolute Gasteiger partial charge is 0.393 e. The number of H-pyrrole nitrogens is 1. The van der Waals surface area contributed by atoms with Crippen molar-refractivity contribution in [3.8, 4) is 0 Å². The van der Waals surface area contributed by atoms with Gasteiger partial charge in [0.1, 0.15) is 24.4 Å². The van der Waals surface area contributed by atoms with Gasteiger partial charge in [-0.3, -0.25) is 18.5 Å². The molecule has 0 saturated carbocycles. The lowest BCUT2D eigenvalue weighted by Gasteiger charge is -2.32. The lowest BCUT2D eigenvalue weighted by Crippen LogP contribution is -2.51. The van der Waals surface area contributed by atoms with Crippen molar-refractivity contribution >= 4 is 10.1 Å². The number of hydrogen-bond acceptors (Lipinski definition) is 9. The van der Waals surface area contributed by atoms with Crippen LogP contribution in [0.3, 0.4) is 0 Å². The molecule has 1 aliphatic heterocycles. The fourth-order valence-electron chi connectivity index (χ4n) is 3.94. The van der Waals surface area contributed by atoms with Gasteiger partial charge in [0, 0.05) is 12.3 Å². The molecule has 0 aliphatic carbocycles. The van der Waals surface area contributed by atoms with E-state index in [0.29, 0.717) is 0 Å². The first-order valence-corrected chi connectivity index (χ1v) is 12.5. The number of nitrogens with zero attached hydrogens (tertiary/aromatic N) is 1. The first-order chi connectivity index (χ1) is 17.1. The van der Waals surface area contributed by atoms with E-state index in [4.69, 9.17) is 13.7 Å². The molecule has 3 aromatic rings. The molecule has 0 amide bonds. The van der Waals surface area contributed by atoms with Crippen LogP contribution >= 0.6 is 0 Å². The molecule has 11 nitrogen and oxygen atoms in total. The van der Waals surface area contributed by atoms with Gasteiger partial charge in [-0.25, -0.2) is 4.79 Å². The minimum atomic E-state index is -4.26. The second-order valence-electron chi connectivity index (χ2n) is 8.49. The SMILES string of the molecule is Cc1ccc(S(=O)(=O)OC[C@]2(CO)O[C@@H](n3ccc(=O)[nH]c3=O)[C@H](O)[C@@H]2OCc2ccccc2)cc1.